The highest BCUT2D eigenvalue weighted by molar-refractivity contribution is 7.89. The summed E-state index contributed by atoms with van der Waals surface area (Å²) in [5.74, 6) is 0.658. The van der Waals surface area contributed by atoms with Gasteiger partial charge in [0.15, 0.2) is 0 Å². The molecule has 0 radical (unpaired) electrons. The maximum Gasteiger partial charge on any atom is 0.246 e. The fraction of sp³-hybridized carbons (Fsp3) is 0.444. The van der Waals surface area contributed by atoms with Crippen LogP contribution in [0.1, 0.15) is 11.5 Å². The Morgan fingerprint density at radius 2 is 2.22 bits per heavy atom. The van der Waals surface area contributed by atoms with E-state index in [0.717, 1.165) is 0 Å². The highest BCUT2D eigenvalue weighted by Gasteiger charge is 2.31. The van der Waals surface area contributed by atoms with Gasteiger partial charge in [-0.3, -0.25) is 5.10 Å². The molecular formula is C9H12N6O2S. The smallest absolute Gasteiger partial charge is 0.246 e. The van der Waals surface area contributed by atoms with Crippen LogP contribution in [0.25, 0.3) is 0 Å². The Balaban J connectivity index is 1.95. The average molecular weight is 268 g/mol. The van der Waals surface area contributed by atoms with Gasteiger partial charge in [-0.1, -0.05) is 0 Å². The van der Waals surface area contributed by atoms with E-state index in [2.05, 4.69) is 20.4 Å². The van der Waals surface area contributed by atoms with Crippen LogP contribution >= 0.6 is 0 Å². The normalized spacial score (nSPS) is 16.7. The molecule has 0 fully saturated rings. The van der Waals surface area contributed by atoms with Crippen molar-refractivity contribution in [3.8, 4) is 0 Å². The van der Waals surface area contributed by atoms with Crippen LogP contribution in [0.5, 0.6) is 0 Å². The number of nitrogens with one attached hydrogen (secondary N) is 1. The molecule has 3 heterocycles. The SMILES string of the molecule is Cc1[nH]ncc1S(=O)(=O)N1CCn2cnnc2C1. The van der Waals surface area contributed by atoms with Crippen molar-refractivity contribution in [3.05, 3.63) is 24.0 Å². The van der Waals surface area contributed by atoms with E-state index < -0.39 is 10.0 Å². The molecule has 8 nitrogen and oxygen atoms in total. The number of aromatic nitrogens is 5. The first kappa shape index (κ1) is 11.4. The highest BCUT2D eigenvalue weighted by atomic mass is 32.2. The Kier molecular flexibility index (Phi) is 2.45. The third-order valence-corrected chi connectivity index (χ3v) is 4.96. The Bertz CT molecular complexity index is 673. The van der Waals surface area contributed by atoms with Crippen LogP contribution in [-0.2, 0) is 23.1 Å². The summed E-state index contributed by atoms with van der Waals surface area (Å²) in [5.41, 5.74) is 0.544. The molecule has 0 unspecified atom stereocenters. The highest BCUT2D eigenvalue weighted by Crippen LogP contribution is 2.21. The Morgan fingerprint density at radius 3 is 2.94 bits per heavy atom. The Hall–Kier alpha value is -1.74. The first-order valence-corrected chi connectivity index (χ1v) is 6.90. The van der Waals surface area contributed by atoms with Crippen LogP contribution in [-0.4, -0.2) is 44.2 Å². The number of hydrogen-bond acceptors (Lipinski definition) is 5. The topological polar surface area (TPSA) is 96.8 Å². The molecule has 9 heteroatoms. The van der Waals surface area contributed by atoms with E-state index in [1.807, 2.05) is 4.57 Å². The van der Waals surface area contributed by atoms with Crippen LogP contribution in [0.3, 0.4) is 0 Å². The standard InChI is InChI=1S/C9H12N6O2S/c1-7-8(4-10-12-7)18(16,17)15-3-2-14-6-11-13-9(14)5-15/h4,6H,2-3,5H2,1H3,(H,10,12). The van der Waals surface area contributed by atoms with Crippen LogP contribution in [0.15, 0.2) is 17.4 Å². The summed E-state index contributed by atoms with van der Waals surface area (Å²) >= 11 is 0. The number of aryl methyl sites for hydroxylation is 1. The van der Waals surface area contributed by atoms with Gasteiger partial charge in [0.05, 0.1) is 18.4 Å². The molecule has 1 N–H and O–H groups in total. The molecule has 0 saturated heterocycles. The summed E-state index contributed by atoms with van der Waals surface area (Å²) in [4.78, 5) is 0.218. The minimum atomic E-state index is -3.51. The number of nitrogens with zero attached hydrogens (tertiary/aromatic N) is 5. The monoisotopic (exact) mass is 268 g/mol. The minimum Gasteiger partial charge on any atom is -0.315 e. The number of H-pyrrole nitrogens is 1. The molecule has 2 aromatic heterocycles. The summed E-state index contributed by atoms with van der Waals surface area (Å²) in [6.45, 7) is 2.91. The summed E-state index contributed by atoms with van der Waals surface area (Å²) in [6, 6.07) is 0. The molecule has 0 spiro atoms. The molecular weight excluding hydrogens is 256 g/mol. The fourth-order valence-corrected chi connectivity index (χ4v) is 3.49. The zero-order valence-corrected chi connectivity index (χ0v) is 10.6. The molecule has 0 atom stereocenters. The van der Waals surface area contributed by atoms with Crippen molar-refractivity contribution in [1.82, 2.24) is 29.3 Å². The number of sulfonamides is 1. The molecule has 2 aromatic rings. The predicted molar refractivity (Wildman–Crippen MR) is 60.9 cm³/mol. The summed E-state index contributed by atoms with van der Waals surface area (Å²) < 4.78 is 28.1. The Labute approximate surface area is 104 Å². The van der Waals surface area contributed by atoms with Gasteiger partial charge < -0.3 is 4.57 Å². The van der Waals surface area contributed by atoms with E-state index in [4.69, 9.17) is 0 Å². The van der Waals surface area contributed by atoms with E-state index in [9.17, 15) is 8.42 Å². The molecule has 0 aromatic carbocycles. The van der Waals surface area contributed by atoms with Crippen molar-refractivity contribution in [3.63, 3.8) is 0 Å². The lowest BCUT2D eigenvalue weighted by atomic mass is 10.4. The second-order valence-corrected chi connectivity index (χ2v) is 6.04. The van der Waals surface area contributed by atoms with Gasteiger partial charge in [-0.25, -0.2) is 8.42 Å². The van der Waals surface area contributed by atoms with Crippen LogP contribution in [0, 0.1) is 6.92 Å². The maximum atomic E-state index is 12.4. The molecule has 96 valence electrons. The lowest BCUT2D eigenvalue weighted by molar-refractivity contribution is 0.335. The Morgan fingerprint density at radius 1 is 1.39 bits per heavy atom. The first-order chi connectivity index (χ1) is 8.59. The number of aromatic amines is 1. The van der Waals surface area contributed by atoms with Crippen molar-refractivity contribution in [2.75, 3.05) is 6.54 Å². The molecule has 0 aliphatic carbocycles. The van der Waals surface area contributed by atoms with Gasteiger partial charge in [0.1, 0.15) is 17.0 Å². The van der Waals surface area contributed by atoms with E-state index in [1.165, 1.54) is 10.5 Å². The van der Waals surface area contributed by atoms with Gasteiger partial charge in [0, 0.05) is 13.1 Å². The minimum absolute atomic E-state index is 0.218. The average Bonchev–Trinajstić information content (AvgIpc) is 2.95. The first-order valence-electron chi connectivity index (χ1n) is 5.46. The molecule has 0 bridgehead atoms. The molecule has 0 saturated carbocycles. The van der Waals surface area contributed by atoms with Gasteiger partial charge in [0.2, 0.25) is 10.0 Å². The van der Waals surface area contributed by atoms with Gasteiger partial charge in [-0.05, 0) is 6.92 Å². The fourth-order valence-electron chi connectivity index (χ4n) is 1.99. The van der Waals surface area contributed by atoms with Gasteiger partial charge >= 0.3 is 0 Å². The van der Waals surface area contributed by atoms with Gasteiger partial charge in [-0.2, -0.15) is 9.40 Å². The third-order valence-electron chi connectivity index (χ3n) is 3.01. The number of fused-ring (bicyclic) bond motifs is 1. The second-order valence-electron chi connectivity index (χ2n) is 4.14. The van der Waals surface area contributed by atoms with Crippen LogP contribution in [0.4, 0.5) is 0 Å². The van der Waals surface area contributed by atoms with Crippen LogP contribution in [0.2, 0.25) is 0 Å². The third kappa shape index (κ3) is 1.63. The molecule has 18 heavy (non-hydrogen) atoms. The van der Waals surface area contributed by atoms with E-state index >= 15 is 0 Å². The number of hydrogen-bond donors (Lipinski definition) is 1. The summed E-state index contributed by atoms with van der Waals surface area (Å²) in [5, 5.41) is 14.1. The van der Waals surface area contributed by atoms with Crippen molar-refractivity contribution in [2.45, 2.75) is 24.9 Å². The van der Waals surface area contributed by atoms with E-state index in [-0.39, 0.29) is 11.4 Å². The van der Waals surface area contributed by atoms with Crippen molar-refractivity contribution >= 4 is 10.0 Å². The second kappa shape index (κ2) is 3.89. The van der Waals surface area contributed by atoms with E-state index in [1.54, 1.807) is 13.3 Å². The molecule has 0 amide bonds. The molecule has 1 aliphatic heterocycles. The summed E-state index contributed by atoms with van der Waals surface area (Å²) in [7, 11) is -3.51. The number of rotatable bonds is 2. The molecule has 3 rings (SSSR count). The van der Waals surface area contributed by atoms with E-state index in [0.29, 0.717) is 24.6 Å². The van der Waals surface area contributed by atoms with Crippen molar-refractivity contribution in [2.24, 2.45) is 0 Å². The zero-order chi connectivity index (χ0) is 12.8. The van der Waals surface area contributed by atoms with Crippen molar-refractivity contribution in [1.29, 1.82) is 0 Å². The van der Waals surface area contributed by atoms with Gasteiger partial charge in [0.25, 0.3) is 0 Å². The lowest BCUT2D eigenvalue weighted by Gasteiger charge is -2.25. The zero-order valence-electron chi connectivity index (χ0n) is 9.74. The predicted octanol–water partition coefficient (Wildman–Crippen LogP) is -0.486. The quantitative estimate of drug-likeness (QED) is 0.793. The maximum absolute atomic E-state index is 12.4. The van der Waals surface area contributed by atoms with Gasteiger partial charge in [-0.15, -0.1) is 10.2 Å². The van der Waals surface area contributed by atoms with Crippen LogP contribution < -0.4 is 0 Å². The summed E-state index contributed by atoms with van der Waals surface area (Å²) in [6.07, 6.45) is 2.95. The largest absolute Gasteiger partial charge is 0.315 e. The molecule has 1 aliphatic rings. The lowest BCUT2D eigenvalue weighted by Crippen LogP contribution is -2.38. The van der Waals surface area contributed by atoms with Crippen molar-refractivity contribution < 1.29 is 8.42 Å².